The molecular formula is C12H13N3OS. The molecule has 1 aromatic heterocycles. The largest absolute Gasteiger partial charge is 0.411 e. The van der Waals surface area contributed by atoms with Crippen molar-refractivity contribution in [3.05, 3.63) is 41.6 Å². The molecule has 0 aliphatic heterocycles. The van der Waals surface area contributed by atoms with Gasteiger partial charge in [-0.05, 0) is 19.1 Å². The summed E-state index contributed by atoms with van der Waals surface area (Å²) < 4.78 is 1.80. The highest BCUT2D eigenvalue weighted by molar-refractivity contribution is 7.99. The van der Waals surface area contributed by atoms with Gasteiger partial charge in [-0.25, -0.2) is 0 Å². The van der Waals surface area contributed by atoms with Crippen molar-refractivity contribution in [3.8, 4) is 0 Å². The summed E-state index contributed by atoms with van der Waals surface area (Å²) in [4.78, 5) is 1.13. The van der Waals surface area contributed by atoms with Crippen LogP contribution in [0.4, 0.5) is 0 Å². The van der Waals surface area contributed by atoms with E-state index in [4.69, 9.17) is 5.21 Å². The molecular weight excluding hydrogens is 234 g/mol. The number of aromatic nitrogens is 2. The summed E-state index contributed by atoms with van der Waals surface area (Å²) in [7, 11) is 1.88. The fraction of sp³-hybridized carbons (Fsp3) is 0.167. The van der Waals surface area contributed by atoms with Gasteiger partial charge in [0.25, 0.3) is 0 Å². The van der Waals surface area contributed by atoms with E-state index in [9.17, 15) is 0 Å². The van der Waals surface area contributed by atoms with Crippen LogP contribution < -0.4 is 0 Å². The summed E-state index contributed by atoms with van der Waals surface area (Å²) >= 11 is 1.60. The first-order valence-electron chi connectivity index (χ1n) is 5.16. The van der Waals surface area contributed by atoms with Gasteiger partial charge in [0.05, 0.1) is 17.5 Å². The molecule has 1 heterocycles. The maximum absolute atomic E-state index is 8.67. The summed E-state index contributed by atoms with van der Waals surface area (Å²) in [5.41, 5.74) is 1.70. The number of hydrogen-bond donors (Lipinski definition) is 1. The maximum atomic E-state index is 8.67. The van der Waals surface area contributed by atoms with Gasteiger partial charge in [-0.3, -0.25) is 4.68 Å². The Kier molecular flexibility index (Phi) is 3.49. The second-order valence-electron chi connectivity index (χ2n) is 3.59. The molecule has 0 aliphatic carbocycles. The SMILES string of the molecule is Cc1nn(C)c(Sc2ccccc2)c1/C=N/O. The van der Waals surface area contributed by atoms with Crippen LogP contribution in [0.3, 0.4) is 0 Å². The summed E-state index contributed by atoms with van der Waals surface area (Å²) in [6.07, 6.45) is 1.42. The molecule has 1 N–H and O–H groups in total. The molecule has 0 amide bonds. The lowest BCUT2D eigenvalue weighted by Gasteiger charge is -2.02. The number of rotatable bonds is 3. The van der Waals surface area contributed by atoms with Crippen LogP contribution in [0.15, 0.2) is 45.4 Å². The van der Waals surface area contributed by atoms with Gasteiger partial charge in [0.15, 0.2) is 0 Å². The van der Waals surface area contributed by atoms with Crippen molar-refractivity contribution in [1.29, 1.82) is 0 Å². The Balaban J connectivity index is 2.38. The molecule has 17 heavy (non-hydrogen) atoms. The minimum atomic E-state index is 0.851. The summed E-state index contributed by atoms with van der Waals surface area (Å²) in [5, 5.41) is 17.0. The van der Waals surface area contributed by atoms with E-state index in [1.54, 1.807) is 16.4 Å². The number of benzene rings is 1. The number of aryl methyl sites for hydroxylation is 2. The Morgan fingerprint density at radius 3 is 2.71 bits per heavy atom. The zero-order valence-electron chi connectivity index (χ0n) is 9.66. The Labute approximate surface area is 104 Å². The highest BCUT2D eigenvalue weighted by Crippen LogP contribution is 2.30. The second kappa shape index (κ2) is 5.05. The first kappa shape index (κ1) is 11.7. The van der Waals surface area contributed by atoms with Gasteiger partial charge in [-0.2, -0.15) is 5.10 Å². The number of nitrogens with zero attached hydrogens (tertiary/aromatic N) is 3. The molecule has 0 atom stereocenters. The molecule has 2 aromatic rings. The molecule has 0 saturated heterocycles. The van der Waals surface area contributed by atoms with Crippen molar-refractivity contribution in [2.45, 2.75) is 16.8 Å². The highest BCUT2D eigenvalue weighted by atomic mass is 32.2. The van der Waals surface area contributed by atoms with Crippen molar-refractivity contribution >= 4 is 18.0 Å². The fourth-order valence-electron chi connectivity index (χ4n) is 1.58. The van der Waals surface area contributed by atoms with Crippen LogP contribution in [0.2, 0.25) is 0 Å². The molecule has 88 valence electrons. The number of hydrogen-bond acceptors (Lipinski definition) is 4. The zero-order chi connectivity index (χ0) is 12.3. The van der Waals surface area contributed by atoms with Crippen LogP contribution >= 0.6 is 11.8 Å². The molecule has 1 aromatic carbocycles. The van der Waals surface area contributed by atoms with E-state index in [-0.39, 0.29) is 0 Å². The zero-order valence-corrected chi connectivity index (χ0v) is 10.5. The van der Waals surface area contributed by atoms with E-state index in [0.29, 0.717) is 0 Å². The molecule has 0 unspecified atom stereocenters. The van der Waals surface area contributed by atoms with E-state index in [2.05, 4.69) is 10.3 Å². The highest BCUT2D eigenvalue weighted by Gasteiger charge is 2.12. The van der Waals surface area contributed by atoms with Gasteiger partial charge in [-0.1, -0.05) is 35.1 Å². The molecule has 4 nitrogen and oxygen atoms in total. The fourth-order valence-corrected chi connectivity index (χ4v) is 2.58. The smallest absolute Gasteiger partial charge is 0.108 e. The van der Waals surface area contributed by atoms with E-state index in [1.165, 1.54) is 6.21 Å². The van der Waals surface area contributed by atoms with Crippen LogP contribution in [0.5, 0.6) is 0 Å². The lowest BCUT2D eigenvalue weighted by atomic mass is 10.3. The minimum Gasteiger partial charge on any atom is -0.411 e. The minimum absolute atomic E-state index is 0.851. The van der Waals surface area contributed by atoms with Crippen molar-refractivity contribution in [3.63, 3.8) is 0 Å². The maximum Gasteiger partial charge on any atom is 0.108 e. The summed E-state index contributed by atoms with van der Waals surface area (Å²) in [6, 6.07) is 10.0. The first-order chi connectivity index (χ1) is 8.22. The van der Waals surface area contributed by atoms with Crippen molar-refractivity contribution in [2.24, 2.45) is 12.2 Å². The third-order valence-electron chi connectivity index (χ3n) is 2.36. The first-order valence-corrected chi connectivity index (χ1v) is 5.98. The topological polar surface area (TPSA) is 50.4 Å². The van der Waals surface area contributed by atoms with Crippen LogP contribution in [0.1, 0.15) is 11.3 Å². The lowest BCUT2D eigenvalue weighted by Crippen LogP contribution is -1.93. The van der Waals surface area contributed by atoms with Gasteiger partial charge >= 0.3 is 0 Å². The average Bonchev–Trinajstić information content (AvgIpc) is 2.58. The molecule has 0 bridgehead atoms. The molecule has 0 fully saturated rings. The Morgan fingerprint density at radius 1 is 1.35 bits per heavy atom. The summed E-state index contributed by atoms with van der Waals surface area (Å²) in [6.45, 7) is 1.89. The lowest BCUT2D eigenvalue weighted by molar-refractivity contribution is 0.321. The molecule has 0 radical (unpaired) electrons. The normalized spacial score (nSPS) is 11.2. The predicted octanol–water partition coefficient (Wildman–Crippen LogP) is 2.69. The van der Waals surface area contributed by atoms with Crippen molar-refractivity contribution in [2.75, 3.05) is 0 Å². The number of oxime groups is 1. The van der Waals surface area contributed by atoms with E-state index < -0.39 is 0 Å². The van der Waals surface area contributed by atoms with Gasteiger partial charge < -0.3 is 5.21 Å². The molecule has 0 spiro atoms. The molecule has 0 saturated carbocycles. The van der Waals surface area contributed by atoms with E-state index in [0.717, 1.165) is 21.2 Å². The Morgan fingerprint density at radius 2 is 2.06 bits per heavy atom. The van der Waals surface area contributed by atoms with Crippen molar-refractivity contribution in [1.82, 2.24) is 9.78 Å². The quantitative estimate of drug-likeness (QED) is 0.515. The second-order valence-corrected chi connectivity index (χ2v) is 4.65. The van der Waals surface area contributed by atoms with Crippen LogP contribution in [-0.2, 0) is 7.05 Å². The summed E-state index contributed by atoms with van der Waals surface area (Å²) in [5.74, 6) is 0. The van der Waals surface area contributed by atoms with Gasteiger partial charge in [-0.15, -0.1) is 0 Å². The molecule has 2 rings (SSSR count). The molecule has 5 heteroatoms. The van der Waals surface area contributed by atoms with Crippen LogP contribution in [-0.4, -0.2) is 21.2 Å². The third kappa shape index (κ3) is 2.50. The van der Waals surface area contributed by atoms with Gasteiger partial charge in [0.1, 0.15) is 5.03 Å². The Bertz CT molecular complexity index is 534. The third-order valence-corrected chi connectivity index (χ3v) is 3.54. The monoisotopic (exact) mass is 247 g/mol. The molecule has 0 aliphatic rings. The predicted molar refractivity (Wildman–Crippen MR) is 67.9 cm³/mol. The standard InChI is InChI=1S/C12H13N3OS/c1-9-11(8-13-16)12(15(2)14-9)17-10-6-4-3-5-7-10/h3-8,16H,1-2H3/b13-8+. The van der Waals surface area contributed by atoms with E-state index in [1.807, 2.05) is 44.3 Å². The van der Waals surface area contributed by atoms with Crippen molar-refractivity contribution < 1.29 is 5.21 Å². The van der Waals surface area contributed by atoms with Gasteiger partial charge in [0, 0.05) is 11.9 Å². The van der Waals surface area contributed by atoms with Crippen LogP contribution in [0, 0.1) is 6.92 Å². The average molecular weight is 247 g/mol. The Hall–Kier alpha value is -1.75. The van der Waals surface area contributed by atoms with Gasteiger partial charge in [0.2, 0.25) is 0 Å². The van der Waals surface area contributed by atoms with Crippen LogP contribution in [0.25, 0.3) is 0 Å². The van der Waals surface area contributed by atoms with E-state index >= 15 is 0 Å².